The Kier molecular flexibility index (Phi) is 7.16. The molecule has 0 saturated heterocycles. The van der Waals surface area contributed by atoms with E-state index in [1.807, 2.05) is 38.2 Å². The van der Waals surface area contributed by atoms with Crippen molar-refractivity contribution in [2.75, 3.05) is 13.6 Å². The lowest BCUT2D eigenvalue weighted by atomic mass is 10.00. The second-order valence-corrected chi connectivity index (χ2v) is 8.76. The molecule has 3 aromatic rings. The van der Waals surface area contributed by atoms with Crippen LogP contribution in [0.2, 0.25) is 5.02 Å². The number of aliphatic imine (C=N–C) groups is 1. The number of nitrogens with zero attached hydrogens (tertiary/aromatic N) is 4. The average Bonchev–Trinajstić information content (AvgIpc) is 3.21. The summed E-state index contributed by atoms with van der Waals surface area (Å²) in [6.45, 7) is 7.00. The number of alkyl halides is 3. The minimum atomic E-state index is -4.64. The highest BCUT2D eigenvalue weighted by molar-refractivity contribution is 7.15. The molecule has 0 saturated carbocycles. The summed E-state index contributed by atoms with van der Waals surface area (Å²) in [7, 11) is 1.93. The summed E-state index contributed by atoms with van der Waals surface area (Å²) in [6, 6.07) is 7.79. The predicted molar refractivity (Wildman–Crippen MR) is 119 cm³/mol. The van der Waals surface area contributed by atoms with Crippen LogP contribution >= 0.6 is 22.9 Å². The molecule has 0 spiro atoms. The number of halogens is 4. The highest BCUT2D eigenvalue weighted by Gasteiger charge is 2.30. The largest absolute Gasteiger partial charge is 0.446 e. The molecule has 0 fully saturated rings. The van der Waals surface area contributed by atoms with Gasteiger partial charge in [0.15, 0.2) is 5.82 Å². The van der Waals surface area contributed by atoms with Crippen LogP contribution in [0.1, 0.15) is 39.3 Å². The summed E-state index contributed by atoms with van der Waals surface area (Å²) in [4.78, 5) is 15.1. The molecule has 11 heteroatoms. The second-order valence-electron chi connectivity index (χ2n) is 7.12. The number of aryl methyl sites for hydroxylation is 2. The molecule has 0 amide bonds. The van der Waals surface area contributed by atoms with E-state index in [4.69, 9.17) is 21.4 Å². The fourth-order valence-electron chi connectivity index (χ4n) is 3.33. The smallest absolute Gasteiger partial charge is 0.317 e. The minimum Gasteiger partial charge on any atom is -0.317 e. The van der Waals surface area contributed by atoms with Gasteiger partial charge in [-0.15, -0.1) is 21.5 Å². The predicted octanol–water partition coefficient (Wildman–Crippen LogP) is 4.77. The molecular formula is C21H21ClF3N5OS. The molecule has 0 bridgehead atoms. The van der Waals surface area contributed by atoms with Gasteiger partial charge in [-0.1, -0.05) is 23.7 Å². The first-order chi connectivity index (χ1) is 15.1. The number of hydrogen-bond acceptors (Lipinski definition) is 6. The zero-order valence-corrected chi connectivity index (χ0v) is 19.4. The molecule has 1 N–H and O–H groups in total. The number of aromatic nitrogens is 3. The number of thiophene rings is 1. The van der Waals surface area contributed by atoms with Crippen molar-refractivity contribution in [2.24, 2.45) is 4.99 Å². The van der Waals surface area contributed by atoms with Crippen molar-refractivity contribution in [1.82, 2.24) is 20.1 Å². The van der Waals surface area contributed by atoms with Crippen molar-refractivity contribution in [3.8, 4) is 5.00 Å². The summed E-state index contributed by atoms with van der Waals surface area (Å²) >= 11 is 7.87. The van der Waals surface area contributed by atoms with E-state index in [0.717, 1.165) is 38.5 Å². The van der Waals surface area contributed by atoms with Crippen LogP contribution in [0.15, 0.2) is 29.3 Å². The lowest BCUT2D eigenvalue weighted by molar-refractivity contribution is -0.156. The van der Waals surface area contributed by atoms with Crippen LogP contribution in [0.5, 0.6) is 0 Å². The number of fused-ring (bicyclic) bond motifs is 3. The van der Waals surface area contributed by atoms with Crippen molar-refractivity contribution in [2.45, 2.75) is 33.0 Å². The third kappa shape index (κ3) is 4.92. The van der Waals surface area contributed by atoms with Gasteiger partial charge >= 0.3 is 6.18 Å². The molecule has 4 rings (SSSR count). The van der Waals surface area contributed by atoms with Crippen molar-refractivity contribution in [3.63, 3.8) is 0 Å². The SMILES string of the molecule is CNCC1N=C(c2ccc(Cl)cc2)c2c(sc(C)c2C)-n2c(C)nnc21.O=CC(F)(F)F. The molecule has 2 aromatic heterocycles. The van der Waals surface area contributed by atoms with E-state index in [9.17, 15) is 13.2 Å². The molecule has 32 heavy (non-hydrogen) atoms. The first kappa shape index (κ1) is 24.1. The molecule has 170 valence electrons. The lowest BCUT2D eigenvalue weighted by Gasteiger charge is -2.12. The van der Waals surface area contributed by atoms with Gasteiger partial charge in [0.05, 0.1) is 5.71 Å². The van der Waals surface area contributed by atoms with Gasteiger partial charge in [0, 0.05) is 27.6 Å². The summed E-state index contributed by atoms with van der Waals surface area (Å²) in [5.74, 6) is 1.76. The Morgan fingerprint density at radius 1 is 1.19 bits per heavy atom. The van der Waals surface area contributed by atoms with Gasteiger partial charge in [-0.2, -0.15) is 13.2 Å². The number of benzene rings is 1. The molecular weight excluding hydrogens is 463 g/mol. The second kappa shape index (κ2) is 9.51. The van der Waals surface area contributed by atoms with E-state index in [1.165, 1.54) is 10.4 Å². The van der Waals surface area contributed by atoms with Gasteiger partial charge < -0.3 is 5.32 Å². The maximum absolute atomic E-state index is 10.4. The number of nitrogens with one attached hydrogen (secondary N) is 1. The fourth-order valence-corrected chi connectivity index (χ4v) is 4.67. The first-order valence-electron chi connectivity index (χ1n) is 9.61. The van der Waals surface area contributed by atoms with E-state index in [2.05, 4.69) is 33.9 Å². The maximum Gasteiger partial charge on any atom is 0.446 e. The van der Waals surface area contributed by atoms with Crippen LogP contribution in [0.25, 0.3) is 5.00 Å². The van der Waals surface area contributed by atoms with Crippen LogP contribution in [0.4, 0.5) is 13.2 Å². The number of carbonyl (C=O) groups excluding carboxylic acids is 1. The lowest BCUT2D eigenvalue weighted by Crippen LogP contribution is -2.19. The minimum absolute atomic E-state index is 0.105. The Morgan fingerprint density at radius 2 is 1.81 bits per heavy atom. The number of hydrogen-bond donors (Lipinski definition) is 1. The van der Waals surface area contributed by atoms with Gasteiger partial charge in [0.25, 0.3) is 0 Å². The molecule has 3 heterocycles. The average molecular weight is 484 g/mol. The van der Waals surface area contributed by atoms with Gasteiger partial charge in [-0.05, 0) is 45.5 Å². The molecule has 6 nitrogen and oxygen atoms in total. The Hall–Kier alpha value is -2.56. The molecule has 1 unspecified atom stereocenters. The van der Waals surface area contributed by atoms with Crippen molar-refractivity contribution >= 4 is 34.9 Å². The quantitative estimate of drug-likeness (QED) is 0.545. The van der Waals surface area contributed by atoms with Crippen molar-refractivity contribution in [1.29, 1.82) is 0 Å². The Balaban J connectivity index is 0.000000427. The van der Waals surface area contributed by atoms with Crippen LogP contribution in [0.3, 0.4) is 0 Å². The third-order valence-corrected chi connectivity index (χ3v) is 6.33. The number of aldehydes is 1. The standard InChI is InChI=1S/C19H20ClN5S.C2HF3O/c1-10-11(2)26-19-16(10)17(13-5-7-14(20)8-6-13)22-15(9-21-4)18-24-23-12(3)25(18)19;3-2(4,5)1-6/h5-8,15,21H,9H2,1-4H3;1H. The van der Waals surface area contributed by atoms with Crippen LogP contribution < -0.4 is 5.32 Å². The third-order valence-electron chi connectivity index (χ3n) is 4.89. The maximum atomic E-state index is 10.4. The molecule has 0 aliphatic carbocycles. The van der Waals surface area contributed by atoms with Gasteiger partial charge in [-0.25, -0.2) is 0 Å². The Bertz CT molecular complexity index is 1150. The van der Waals surface area contributed by atoms with Crippen LogP contribution in [0, 0.1) is 20.8 Å². The molecule has 1 aliphatic heterocycles. The summed E-state index contributed by atoms with van der Waals surface area (Å²) < 4.78 is 33.4. The van der Waals surface area contributed by atoms with Crippen molar-refractivity contribution in [3.05, 3.63) is 62.5 Å². The summed E-state index contributed by atoms with van der Waals surface area (Å²) in [5.41, 5.74) is 4.47. The first-order valence-corrected chi connectivity index (χ1v) is 10.8. The topological polar surface area (TPSA) is 72.2 Å². The summed E-state index contributed by atoms with van der Waals surface area (Å²) in [5, 5.41) is 13.9. The van der Waals surface area contributed by atoms with E-state index in [1.54, 1.807) is 11.3 Å². The monoisotopic (exact) mass is 483 g/mol. The van der Waals surface area contributed by atoms with Gasteiger partial charge in [0.1, 0.15) is 16.9 Å². The van der Waals surface area contributed by atoms with Crippen LogP contribution in [-0.2, 0) is 4.79 Å². The van der Waals surface area contributed by atoms with Gasteiger partial charge in [-0.3, -0.25) is 14.4 Å². The van der Waals surface area contributed by atoms with Gasteiger partial charge in [0.2, 0.25) is 6.29 Å². The molecule has 0 radical (unpaired) electrons. The number of carbonyl (C=O) groups is 1. The molecule has 1 aliphatic rings. The zero-order chi connectivity index (χ0) is 23.6. The summed E-state index contributed by atoms with van der Waals surface area (Å²) in [6.07, 6.45) is -5.70. The van der Waals surface area contributed by atoms with E-state index >= 15 is 0 Å². The molecule has 1 atom stereocenters. The van der Waals surface area contributed by atoms with E-state index in [-0.39, 0.29) is 6.04 Å². The Morgan fingerprint density at radius 3 is 2.38 bits per heavy atom. The zero-order valence-electron chi connectivity index (χ0n) is 17.8. The normalized spacial score (nSPS) is 15.1. The van der Waals surface area contributed by atoms with E-state index in [0.29, 0.717) is 6.54 Å². The fraction of sp³-hybridized carbons (Fsp3) is 0.333. The van der Waals surface area contributed by atoms with Crippen molar-refractivity contribution < 1.29 is 18.0 Å². The van der Waals surface area contributed by atoms with E-state index < -0.39 is 12.5 Å². The van der Waals surface area contributed by atoms with Crippen LogP contribution in [-0.4, -0.2) is 46.5 Å². The Labute approximate surface area is 192 Å². The highest BCUT2D eigenvalue weighted by Crippen LogP contribution is 2.38. The number of likely N-dealkylation sites (N-methyl/N-ethyl adjacent to an activating group) is 1. The number of rotatable bonds is 3. The highest BCUT2D eigenvalue weighted by atomic mass is 35.5. The molecule has 1 aromatic carbocycles.